The number of pyridine rings is 1. The van der Waals surface area contributed by atoms with Crippen molar-refractivity contribution in [3.8, 4) is 0 Å². The van der Waals surface area contributed by atoms with Crippen molar-refractivity contribution in [2.45, 2.75) is 18.1 Å². The second kappa shape index (κ2) is 5.85. The number of aromatic nitrogens is 1. The Balaban J connectivity index is 1.68. The Morgan fingerprint density at radius 1 is 1.32 bits per heavy atom. The van der Waals surface area contributed by atoms with Crippen LogP contribution in [0.2, 0.25) is 0 Å². The zero-order valence-corrected chi connectivity index (χ0v) is 13.3. The highest BCUT2D eigenvalue weighted by Gasteiger charge is 2.36. The molecule has 1 fully saturated rings. The summed E-state index contributed by atoms with van der Waals surface area (Å²) in [6, 6.07) is 9.87. The number of halogens is 1. The van der Waals surface area contributed by atoms with Crippen LogP contribution < -0.4 is 0 Å². The van der Waals surface area contributed by atoms with Crippen LogP contribution in [0.4, 0.5) is 0 Å². The Morgan fingerprint density at radius 3 is 2.86 bits per heavy atom. The first-order valence-electron chi connectivity index (χ1n) is 6.98. The lowest BCUT2D eigenvalue weighted by molar-refractivity contribution is -0.127. The van der Waals surface area contributed by atoms with Gasteiger partial charge in [0, 0.05) is 41.8 Å². The van der Waals surface area contributed by atoms with Crippen LogP contribution in [0.25, 0.3) is 10.9 Å². The Kier molecular flexibility index (Phi) is 4.06. The Labute approximate surface area is 133 Å². The highest BCUT2D eigenvalue weighted by atomic mass is 35.7. The van der Waals surface area contributed by atoms with E-state index >= 15 is 0 Å². The van der Waals surface area contributed by atoms with E-state index in [0.717, 1.165) is 16.5 Å². The van der Waals surface area contributed by atoms with Crippen molar-refractivity contribution < 1.29 is 13.2 Å². The van der Waals surface area contributed by atoms with Gasteiger partial charge in [-0.3, -0.25) is 9.78 Å². The summed E-state index contributed by atoms with van der Waals surface area (Å²) in [5.41, 5.74) is 1.98. The molecule has 1 aliphatic rings. The summed E-state index contributed by atoms with van der Waals surface area (Å²) < 4.78 is 22.6. The van der Waals surface area contributed by atoms with E-state index in [1.54, 1.807) is 11.1 Å². The lowest BCUT2D eigenvalue weighted by Gasteiger charge is -2.16. The number of nitrogens with zero attached hydrogens (tertiary/aromatic N) is 2. The summed E-state index contributed by atoms with van der Waals surface area (Å²) in [4.78, 5) is 17.7. The first-order chi connectivity index (χ1) is 10.4. The van der Waals surface area contributed by atoms with Gasteiger partial charge in [0.1, 0.15) is 5.25 Å². The number of hydrogen-bond donors (Lipinski definition) is 0. The van der Waals surface area contributed by atoms with Crippen LogP contribution in [0.5, 0.6) is 0 Å². The highest BCUT2D eigenvalue weighted by Crippen LogP contribution is 2.22. The Bertz CT molecular complexity index is 822. The lowest BCUT2D eigenvalue weighted by Crippen LogP contribution is -2.29. The summed E-state index contributed by atoms with van der Waals surface area (Å²) in [7, 11) is 1.66. The maximum absolute atomic E-state index is 11.9. The van der Waals surface area contributed by atoms with Gasteiger partial charge >= 0.3 is 0 Å². The van der Waals surface area contributed by atoms with E-state index in [9.17, 15) is 13.2 Å². The summed E-state index contributed by atoms with van der Waals surface area (Å²) in [6.45, 7) is 0.663. The molecule has 0 bridgehead atoms. The predicted molar refractivity (Wildman–Crippen MR) is 85.2 cm³/mol. The van der Waals surface area contributed by atoms with Gasteiger partial charge in [-0.25, -0.2) is 8.42 Å². The molecule has 0 radical (unpaired) electrons. The molecule has 0 N–H and O–H groups in total. The molecule has 0 aliphatic carbocycles. The van der Waals surface area contributed by atoms with Crippen LogP contribution >= 0.6 is 10.7 Å². The standard InChI is InChI=1S/C15H15ClN2O3S/c16-22(20,21)13-9-15(19)18(10-13)7-5-11-3-4-12-2-1-6-17-14(12)8-11/h1-4,6,8,13H,5,7,9-10H2. The zero-order chi connectivity index (χ0) is 15.7. The second-order valence-corrected chi connectivity index (χ2v) is 8.33. The fraction of sp³-hybridized carbons (Fsp3) is 0.333. The van der Waals surface area contributed by atoms with Gasteiger partial charge in [-0.05, 0) is 24.1 Å². The van der Waals surface area contributed by atoms with E-state index in [-0.39, 0.29) is 18.9 Å². The van der Waals surface area contributed by atoms with Crippen molar-refractivity contribution >= 4 is 36.5 Å². The van der Waals surface area contributed by atoms with E-state index in [0.29, 0.717) is 13.0 Å². The fourth-order valence-corrected chi connectivity index (χ4v) is 3.73. The van der Waals surface area contributed by atoms with Crippen molar-refractivity contribution in [2.75, 3.05) is 13.1 Å². The van der Waals surface area contributed by atoms with Crippen molar-refractivity contribution in [1.82, 2.24) is 9.88 Å². The van der Waals surface area contributed by atoms with Gasteiger partial charge in [0.2, 0.25) is 15.0 Å². The normalized spacial score (nSPS) is 19.0. The Hall–Kier alpha value is -1.66. The van der Waals surface area contributed by atoms with Gasteiger partial charge in [-0.2, -0.15) is 0 Å². The molecule has 5 nitrogen and oxygen atoms in total. The minimum Gasteiger partial charge on any atom is -0.341 e. The quantitative estimate of drug-likeness (QED) is 0.799. The maximum Gasteiger partial charge on any atom is 0.237 e. The van der Waals surface area contributed by atoms with Gasteiger partial charge in [0.25, 0.3) is 0 Å². The molecule has 1 aromatic carbocycles. The maximum atomic E-state index is 11.9. The van der Waals surface area contributed by atoms with Gasteiger partial charge in [-0.15, -0.1) is 0 Å². The molecule has 1 amide bonds. The monoisotopic (exact) mass is 338 g/mol. The second-order valence-electron chi connectivity index (χ2n) is 5.42. The van der Waals surface area contributed by atoms with Crippen LogP contribution in [-0.2, 0) is 20.3 Å². The number of hydrogen-bond acceptors (Lipinski definition) is 4. The number of amides is 1. The molecule has 1 saturated heterocycles. The van der Waals surface area contributed by atoms with Crippen LogP contribution in [-0.4, -0.2) is 42.5 Å². The molecular weight excluding hydrogens is 324 g/mol. The molecular formula is C15H15ClN2O3S. The molecule has 7 heteroatoms. The third kappa shape index (κ3) is 3.23. The largest absolute Gasteiger partial charge is 0.341 e. The fourth-order valence-electron chi connectivity index (χ4n) is 2.67. The van der Waals surface area contributed by atoms with Crippen molar-refractivity contribution in [3.63, 3.8) is 0 Å². The third-order valence-corrected chi connectivity index (χ3v) is 5.79. The molecule has 1 aliphatic heterocycles. The smallest absolute Gasteiger partial charge is 0.237 e. The van der Waals surface area contributed by atoms with Gasteiger partial charge in [0.05, 0.1) is 5.52 Å². The Morgan fingerprint density at radius 2 is 2.14 bits per heavy atom. The van der Waals surface area contributed by atoms with Crippen LogP contribution in [0.3, 0.4) is 0 Å². The van der Waals surface area contributed by atoms with Gasteiger partial charge in [0.15, 0.2) is 0 Å². The number of fused-ring (bicyclic) bond motifs is 1. The van der Waals surface area contributed by atoms with E-state index in [1.165, 1.54) is 0 Å². The molecule has 0 saturated carbocycles. The molecule has 1 aromatic heterocycles. The third-order valence-electron chi connectivity index (χ3n) is 3.92. The van der Waals surface area contributed by atoms with Crippen LogP contribution in [0.1, 0.15) is 12.0 Å². The van der Waals surface area contributed by atoms with Crippen molar-refractivity contribution in [3.05, 3.63) is 42.1 Å². The van der Waals surface area contributed by atoms with Crippen molar-refractivity contribution in [1.29, 1.82) is 0 Å². The summed E-state index contributed by atoms with van der Waals surface area (Å²) in [5, 5.41) is 0.275. The van der Waals surface area contributed by atoms with E-state index < -0.39 is 14.3 Å². The molecule has 3 rings (SSSR count). The summed E-state index contributed by atoms with van der Waals surface area (Å²) >= 11 is 0. The molecule has 0 spiro atoms. The molecule has 22 heavy (non-hydrogen) atoms. The number of likely N-dealkylation sites (tertiary alicyclic amines) is 1. The molecule has 1 unspecified atom stereocenters. The van der Waals surface area contributed by atoms with E-state index in [4.69, 9.17) is 10.7 Å². The van der Waals surface area contributed by atoms with E-state index in [2.05, 4.69) is 4.98 Å². The SMILES string of the molecule is O=C1CC(S(=O)(=O)Cl)CN1CCc1ccc2cccnc2c1. The van der Waals surface area contributed by atoms with Crippen molar-refractivity contribution in [2.24, 2.45) is 0 Å². The number of rotatable bonds is 4. The van der Waals surface area contributed by atoms with Crippen LogP contribution in [0, 0.1) is 0 Å². The topological polar surface area (TPSA) is 67.3 Å². The number of carbonyl (C=O) groups is 1. The molecule has 2 aromatic rings. The first kappa shape index (κ1) is 15.2. The lowest BCUT2D eigenvalue weighted by atomic mass is 10.1. The summed E-state index contributed by atoms with van der Waals surface area (Å²) in [5.74, 6) is -0.159. The minimum atomic E-state index is -3.68. The minimum absolute atomic E-state index is 0.0227. The predicted octanol–water partition coefficient (Wildman–Crippen LogP) is 1.95. The van der Waals surface area contributed by atoms with Gasteiger partial charge in [-0.1, -0.05) is 18.2 Å². The van der Waals surface area contributed by atoms with E-state index in [1.807, 2.05) is 30.3 Å². The number of carbonyl (C=O) groups excluding carboxylic acids is 1. The molecule has 2 heterocycles. The first-order valence-corrected chi connectivity index (χ1v) is 9.35. The van der Waals surface area contributed by atoms with Gasteiger partial charge < -0.3 is 4.90 Å². The molecule has 1 atom stereocenters. The zero-order valence-electron chi connectivity index (χ0n) is 11.8. The number of benzene rings is 1. The van der Waals surface area contributed by atoms with Crippen LogP contribution in [0.15, 0.2) is 36.5 Å². The average Bonchev–Trinajstić information content (AvgIpc) is 2.86. The average molecular weight is 339 g/mol. The molecule has 116 valence electrons. The highest BCUT2D eigenvalue weighted by molar-refractivity contribution is 8.14. The summed E-state index contributed by atoms with van der Waals surface area (Å²) in [6.07, 6.45) is 2.38.